The summed E-state index contributed by atoms with van der Waals surface area (Å²) in [5, 5.41) is 5.52. The number of anilines is 3. The van der Waals surface area contributed by atoms with Crippen molar-refractivity contribution in [1.29, 1.82) is 0 Å². The molecule has 0 radical (unpaired) electrons. The molecule has 1 aliphatic rings. The number of aryl methyl sites for hydroxylation is 1. The van der Waals surface area contributed by atoms with Gasteiger partial charge in [0.25, 0.3) is 0 Å². The molecule has 0 bridgehead atoms. The molecule has 1 aromatic heterocycles. The van der Waals surface area contributed by atoms with Gasteiger partial charge in [-0.2, -0.15) is 0 Å². The van der Waals surface area contributed by atoms with Gasteiger partial charge in [-0.1, -0.05) is 29.5 Å². The predicted octanol–water partition coefficient (Wildman–Crippen LogP) is 3.70. The Kier molecular flexibility index (Phi) is 5.26. The lowest BCUT2D eigenvalue weighted by molar-refractivity contribution is -0.132. The third kappa shape index (κ3) is 4.12. The average molecular weight is 408 g/mol. The van der Waals surface area contributed by atoms with Crippen molar-refractivity contribution in [2.24, 2.45) is 0 Å². The Morgan fingerprint density at radius 2 is 1.86 bits per heavy atom. The van der Waals surface area contributed by atoms with E-state index < -0.39 is 11.8 Å². The Hall–Kier alpha value is -3.26. The van der Waals surface area contributed by atoms with Crippen molar-refractivity contribution in [2.75, 3.05) is 22.1 Å². The van der Waals surface area contributed by atoms with Crippen molar-refractivity contribution >= 4 is 55.8 Å². The zero-order valence-corrected chi connectivity index (χ0v) is 16.7. The van der Waals surface area contributed by atoms with E-state index >= 15 is 0 Å². The van der Waals surface area contributed by atoms with E-state index in [0.29, 0.717) is 23.8 Å². The van der Waals surface area contributed by atoms with Crippen LogP contribution < -0.4 is 15.5 Å². The van der Waals surface area contributed by atoms with Gasteiger partial charge < -0.3 is 10.2 Å². The topological polar surface area (TPSA) is 91.4 Å². The molecule has 148 valence electrons. The number of hydrogen-bond acceptors (Lipinski definition) is 5. The van der Waals surface area contributed by atoms with Crippen molar-refractivity contribution in [3.63, 3.8) is 0 Å². The van der Waals surface area contributed by atoms with Gasteiger partial charge in [0.2, 0.25) is 5.91 Å². The van der Waals surface area contributed by atoms with Gasteiger partial charge in [-0.15, -0.1) is 0 Å². The van der Waals surface area contributed by atoms with Gasteiger partial charge in [-0.3, -0.25) is 19.7 Å². The number of piperidine rings is 1. The fourth-order valence-corrected chi connectivity index (χ4v) is 4.17. The van der Waals surface area contributed by atoms with Crippen molar-refractivity contribution in [3.8, 4) is 0 Å². The van der Waals surface area contributed by atoms with E-state index in [1.165, 1.54) is 11.3 Å². The monoisotopic (exact) mass is 408 g/mol. The molecule has 0 spiro atoms. The van der Waals surface area contributed by atoms with Gasteiger partial charge in [-0.05, 0) is 49.6 Å². The summed E-state index contributed by atoms with van der Waals surface area (Å²) in [6.07, 6.45) is 2.38. The molecule has 2 aromatic carbocycles. The van der Waals surface area contributed by atoms with Crippen molar-refractivity contribution in [2.45, 2.75) is 26.2 Å². The van der Waals surface area contributed by atoms with E-state index in [4.69, 9.17) is 0 Å². The van der Waals surface area contributed by atoms with Gasteiger partial charge in [0.1, 0.15) is 0 Å². The maximum atomic E-state index is 12.3. The predicted molar refractivity (Wildman–Crippen MR) is 114 cm³/mol. The van der Waals surface area contributed by atoms with Crippen LogP contribution >= 0.6 is 11.3 Å². The SMILES string of the molecule is Cc1ccc(NC(=O)C(=O)Nc2nc3ccccc3s2)cc1N1CCCCC1=O. The molecule has 2 heterocycles. The molecule has 7 nitrogen and oxygen atoms in total. The number of carbonyl (C=O) groups excluding carboxylic acids is 3. The molecule has 1 fully saturated rings. The summed E-state index contributed by atoms with van der Waals surface area (Å²) < 4.78 is 0.928. The first-order chi connectivity index (χ1) is 14.0. The lowest BCUT2D eigenvalue weighted by Crippen LogP contribution is -2.35. The third-order valence-electron chi connectivity index (χ3n) is 4.80. The van der Waals surface area contributed by atoms with Crippen LogP contribution in [0.15, 0.2) is 42.5 Å². The van der Waals surface area contributed by atoms with E-state index in [1.807, 2.05) is 37.3 Å². The van der Waals surface area contributed by atoms with Crippen LogP contribution in [0.1, 0.15) is 24.8 Å². The second-order valence-corrected chi connectivity index (χ2v) is 7.93. The van der Waals surface area contributed by atoms with Crippen LogP contribution in [0.2, 0.25) is 0 Å². The van der Waals surface area contributed by atoms with Gasteiger partial charge in [0, 0.05) is 24.3 Å². The highest BCUT2D eigenvalue weighted by Gasteiger charge is 2.22. The van der Waals surface area contributed by atoms with E-state index in [1.54, 1.807) is 17.0 Å². The Labute approximate surface area is 171 Å². The van der Waals surface area contributed by atoms with Crippen LogP contribution in [-0.4, -0.2) is 29.3 Å². The molecule has 0 saturated carbocycles. The van der Waals surface area contributed by atoms with Crippen LogP contribution in [0.3, 0.4) is 0 Å². The minimum Gasteiger partial charge on any atom is -0.318 e. The summed E-state index contributed by atoms with van der Waals surface area (Å²) in [6, 6.07) is 12.8. The maximum absolute atomic E-state index is 12.3. The van der Waals surface area contributed by atoms with Gasteiger partial charge in [0.15, 0.2) is 5.13 Å². The lowest BCUT2D eigenvalue weighted by Gasteiger charge is -2.28. The highest BCUT2D eigenvalue weighted by atomic mass is 32.1. The fourth-order valence-electron chi connectivity index (χ4n) is 3.31. The van der Waals surface area contributed by atoms with Crippen molar-refractivity contribution < 1.29 is 14.4 Å². The summed E-state index contributed by atoms with van der Waals surface area (Å²) in [6.45, 7) is 2.58. The number of nitrogens with zero attached hydrogens (tertiary/aromatic N) is 2. The third-order valence-corrected chi connectivity index (χ3v) is 5.75. The molecule has 0 aliphatic carbocycles. The highest BCUT2D eigenvalue weighted by Crippen LogP contribution is 2.28. The Morgan fingerprint density at radius 1 is 1.07 bits per heavy atom. The second kappa shape index (κ2) is 8.00. The lowest BCUT2D eigenvalue weighted by atomic mass is 10.1. The molecule has 29 heavy (non-hydrogen) atoms. The van der Waals surface area contributed by atoms with Crippen molar-refractivity contribution in [3.05, 3.63) is 48.0 Å². The summed E-state index contributed by atoms with van der Waals surface area (Å²) in [7, 11) is 0. The van der Waals surface area contributed by atoms with Crippen LogP contribution in [0.5, 0.6) is 0 Å². The molecule has 1 saturated heterocycles. The van der Waals surface area contributed by atoms with Crippen LogP contribution in [0.4, 0.5) is 16.5 Å². The molecule has 3 aromatic rings. The number of amides is 3. The molecule has 4 rings (SSSR count). The smallest absolute Gasteiger partial charge is 0.315 e. The number of para-hydroxylation sites is 1. The van der Waals surface area contributed by atoms with Crippen LogP contribution in [0.25, 0.3) is 10.2 Å². The average Bonchev–Trinajstić information content (AvgIpc) is 3.12. The van der Waals surface area contributed by atoms with Crippen molar-refractivity contribution in [1.82, 2.24) is 4.98 Å². The van der Waals surface area contributed by atoms with Gasteiger partial charge in [0.05, 0.1) is 10.2 Å². The number of fused-ring (bicyclic) bond motifs is 1. The molecule has 3 amide bonds. The molecule has 8 heteroatoms. The number of aromatic nitrogens is 1. The minimum atomic E-state index is -0.791. The van der Waals surface area contributed by atoms with Gasteiger partial charge >= 0.3 is 11.8 Å². The zero-order chi connectivity index (χ0) is 20.4. The largest absolute Gasteiger partial charge is 0.318 e. The Balaban J connectivity index is 1.46. The summed E-state index contributed by atoms with van der Waals surface area (Å²) in [4.78, 5) is 42.9. The second-order valence-electron chi connectivity index (χ2n) is 6.90. The Bertz CT molecular complexity index is 1080. The molecular weight excluding hydrogens is 388 g/mol. The normalized spacial score (nSPS) is 14.1. The van der Waals surface area contributed by atoms with E-state index in [-0.39, 0.29) is 5.91 Å². The standard InChI is InChI=1S/C21H20N4O3S/c1-13-9-10-14(12-16(13)25-11-5-4-8-18(25)26)22-19(27)20(28)24-21-23-15-6-2-3-7-17(15)29-21/h2-3,6-7,9-10,12H,4-5,8,11H2,1H3,(H,22,27)(H,23,24,28). The number of carbonyl (C=O) groups is 3. The minimum absolute atomic E-state index is 0.0800. The number of thiazole rings is 1. The Morgan fingerprint density at radius 3 is 2.66 bits per heavy atom. The number of nitrogens with one attached hydrogen (secondary N) is 2. The van der Waals surface area contributed by atoms with E-state index in [0.717, 1.165) is 34.3 Å². The van der Waals surface area contributed by atoms with Crippen LogP contribution in [0, 0.1) is 6.92 Å². The molecule has 2 N–H and O–H groups in total. The van der Waals surface area contributed by atoms with Crippen LogP contribution in [-0.2, 0) is 14.4 Å². The molecule has 1 aliphatic heterocycles. The number of rotatable bonds is 3. The summed E-state index contributed by atoms with van der Waals surface area (Å²) >= 11 is 1.31. The van der Waals surface area contributed by atoms with E-state index in [9.17, 15) is 14.4 Å². The summed E-state index contributed by atoms with van der Waals surface area (Å²) in [5.74, 6) is -1.50. The zero-order valence-electron chi connectivity index (χ0n) is 15.9. The first kappa shape index (κ1) is 19.1. The number of benzene rings is 2. The van der Waals surface area contributed by atoms with E-state index in [2.05, 4.69) is 15.6 Å². The quantitative estimate of drug-likeness (QED) is 0.647. The summed E-state index contributed by atoms with van der Waals surface area (Å²) in [5.41, 5.74) is 2.94. The maximum Gasteiger partial charge on any atom is 0.315 e. The molecule has 0 atom stereocenters. The first-order valence-electron chi connectivity index (χ1n) is 9.40. The fraction of sp³-hybridized carbons (Fsp3) is 0.238. The number of hydrogen-bond donors (Lipinski definition) is 2. The molecular formula is C21H20N4O3S. The highest BCUT2D eigenvalue weighted by molar-refractivity contribution is 7.22. The molecule has 0 unspecified atom stereocenters. The first-order valence-corrected chi connectivity index (χ1v) is 10.2. The van der Waals surface area contributed by atoms with Gasteiger partial charge in [-0.25, -0.2) is 4.98 Å².